The zero-order chi connectivity index (χ0) is 10.9. The molecule has 1 aliphatic rings. The quantitative estimate of drug-likeness (QED) is 0.847. The molecule has 0 saturated heterocycles. The van der Waals surface area contributed by atoms with E-state index in [0.29, 0.717) is 5.56 Å². The Morgan fingerprint density at radius 1 is 1.33 bits per heavy atom. The van der Waals surface area contributed by atoms with Crippen LogP contribution in [0.4, 0.5) is 0 Å². The first-order chi connectivity index (χ1) is 7.15. The first-order valence-corrected chi connectivity index (χ1v) is 6.71. The zero-order valence-electron chi connectivity index (χ0n) is 8.09. The average molecular weight is 333 g/mol. The standard InChI is InChI=1S/C11H11Br2NO/c12-7-11(5-6-11)14-10(15)8-1-3-9(13)4-2-8/h1-4H,5-7H2,(H,14,15). The number of hydrogen-bond acceptors (Lipinski definition) is 1. The van der Waals surface area contributed by atoms with E-state index in [-0.39, 0.29) is 11.4 Å². The van der Waals surface area contributed by atoms with Gasteiger partial charge in [0.25, 0.3) is 5.91 Å². The molecule has 1 aliphatic carbocycles. The van der Waals surface area contributed by atoms with Gasteiger partial charge in [0.1, 0.15) is 0 Å². The van der Waals surface area contributed by atoms with E-state index in [1.165, 1.54) is 0 Å². The topological polar surface area (TPSA) is 29.1 Å². The van der Waals surface area contributed by atoms with Gasteiger partial charge in [-0.3, -0.25) is 4.79 Å². The van der Waals surface area contributed by atoms with E-state index in [1.54, 1.807) is 0 Å². The summed E-state index contributed by atoms with van der Waals surface area (Å²) < 4.78 is 0.987. The molecule has 2 rings (SSSR count). The second-order valence-corrected chi connectivity index (χ2v) is 5.35. The van der Waals surface area contributed by atoms with Crippen molar-refractivity contribution in [3.8, 4) is 0 Å². The molecule has 80 valence electrons. The molecule has 0 spiro atoms. The van der Waals surface area contributed by atoms with Crippen LogP contribution in [0.25, 0.3) is 0 Å². The molecule has 0 unspecified atom stereocenters. The molecule has 4 heteroatoms. The van der Waals surface area contributed by atoms with Crippen LogP contribution in [0.5, 0.6) is 0 Å². The van der Waals surface area contributed by atoms with E-state index in [2.05, 4.69) is 37.2 Å². The van der Waals surface area contributed by atoms with Crippen molar-refractivity contribution in [3.63, 3.8) is 0 Å². The lowest BCUT2D eigenvalue weighted by molar-refractivity contribution is 0.0936. The van der Waals surface area contributed by atoms with Crippen molar-refractivity contribution < 1.29 is 4.79 Å². The highest BCUT2D eigenvalue weighted by molar-refractivity contribution is 9.10. The van der Waals surface area contributed by atoms with Crippen molar-refractivity contribution >= 4 is 37.8 Å². The third-order valence-electron chi connectivity index (χ3n) is 2.59. The van der Waals surface area contributed by atoms with Crippen LogP contribution in [0, 0.1) is 0 Å². The minimum atomic E-state index is 0.0134. The zero-order valence-corrected chi connectivity index (χ0v) is 11.3. The molecule has 0 aromatic heterocycles. The molecule has 0 radical (unpaired) electrons. The number of alkyl halides is 1. The molecule has 0 heterocycles. The predicted molar refractivity (Wildman–Crippen MR) is 67.4 cm³/mol. The van der Waals surface area contributed by atoms with Crippen LogP contribution in [0.3, 0.4) is 0 Å². The van der Waals surface area contributed by atoms with Crippen LogP contribution in [0.2, 0.25) is 0 Å². The van der Waals surface area contributed by atoms with Crippen molar-refractivity contribution in [2.24, 2.45) is 0 Å². The van der Waals surface area contributed by atoms with E-state index in [0.717, 1.165) is 22.6 Å². The Hall–Kier alpha value is -0.350. The molecule has 15 heavy (non-hydrogen) atoms. The van der Waals surface area contributed by atoms with Gasteiger partial charge in [-0.25, -0.2) is 0 Å². The number of nitrogens with one attached hydrogen (secondary N) is 1. The lowest BCUT2D eigenvalue weighted by atomic mass is 10.2. The average Bonchev–Trinajstić information content (AvgIpc) is 2.99. The lowest BCUT2D eigenvalue weighted by Crippen LogP contribution is -2.38. The summed E-state index contributed by atoms with van der Waals surface area (Å²) in [6, 6.07) is 7.40. The van der Waals surface area contributed by atoms with Gasteiger partial charge >= 0.3 is 0 Å². The van der Waals surface area contributed by atoms with Crippen LogP contribution < -0.4 is 5.32 Å². The Labute approximate surface area is 106 Å². The Bertz CT molecular complexity index is 371. The second kappa shape index (κ2) is 4.26. The number of hydrogen-bond donors (Lipinski definition) is 1. The van der Waals surface area contributed by atoms with Gasteiger partial charge in [0.15, 0.2) is 0 Å². The van der Waals surface area contributed by atoms with E-state index < -0.39 is 0 Å². The first kappa shape index (κ1) is 11.1. The van der Waals surface area contributed by atoms with Gasteiger partial charge in [-0.1, -0.05) is 31.9 Å². The molecule has 0 atom stereocenters. The van der Waals surface area contributed by atoms with Crippen molar-refractivity contribution in [1.29, 1.82) is 0 Å². The monoisotopic (exact) mass is 331 g/mol. The van der Waals surface area contributed by atoms with Crippen LogP contribution in [-0.2, 0) is 0 Å². The Morgan fingerprint density at radius 3 is 2.40 bits per heavy atom. The minimum absolute atomic E-state index is 0.0134. The molecular weight excluding hydrogens is 322 g/mol. The lowest BCUT2D eigenvalue weighted by Gasteiger charge is -2.13. The molecule has 1 aromatic rings. The van der Waals surface area contributed by atoms with E-state index in [4.69, 9.17) is 0 Å². The summed E-state index contributed by atoms with van der Waals surface area (Å²) in [5.74, 6) is 0.0134. The summed E-state index contributed by atoms with van der Waals surface area (Å²) in [7, 11) is 0. The molecule has 2 nitrogen and oxygen atoms in total. The summed E-state index contributed by atoms with van der Waals surface area (Å²) in [5.41, 5.74) is 0.731. The molecule has 1 saturated carbocycles. The van der Waals surface area contributed by atoms with Crippen molar-refractivity contribution in [3.05, 3.63) is 34.3 Å². The number of halogens is 2. The maximum absolute atomic E-state index is 11.8. The molecular formula is C11H11Br2NO. The fraction of sp³-hybridized carbons (Fsp3) is 0.364. The van der Waals surface area contributed by atoms with Crippen LogP contribution in [-0.4, -0.2) is 16.8 Å². The Morgan fingerprint density at radius 2 is 1.93 bits per heavy atom. The van der Waals surface area contributed by atoms with Gasteiger partial charge in [0.2, 0.25) is 0 Å². The minimum Gasteiger partial charge on any atom is -0.346 e. The number of carbonyl (C=O) groups is 1. The molecule has 1 amide bonds. The number of carbonyl (C=O) groups excluding carboxylic acids is 1. The summed E-state index contributed by atoms with van der Waals surface area (Å²) in [6.45, 7) is 0. The number of rotatable bonds is 3. The van der Waals surface area contributed by atoms with Crippen LogP contribution in [0.1, 0.15) is 23.2 Å². The molecule has 1 aromatic carbocycles. The highest BCUT2D eigenvalue weighted by Crippen LogP contribution is 2.37. The third-order valence-corrected chi connectivity index (χ3v) is 4.20. The van der Waals surface area contributed by atoms with Crippen molar-refractivity contribution in [1.82, 2.24) is 5.32 Å². The molecule has 1 fully saturated rings. The maximum Gasteiger partial charge on any atom is 0.251 e. The summed E-state index contributed by atoms with van der Waals surface area (Å²) in [4.78, 5) is 11.8. The highest BCUT2D eigenvalue weighted by Gasteiger charge is 2.42. The Balaban J connectivity index is 2.05. The normalized spacial score (nSPS) is 17.2. The second-order valence-electron chi connectivity index (χ2n) is 3.87. The van der Waals surface area contributed by atoms with Crippen molar-refractivity contribution in [2.75, 3.05) is 5.33 Å². The SMILES string of the molecule is O=C(NC1(CBr)CC1)c1ccc(Br)cc1. The van der Waals surface area contributed by atoms with Gasteiger partial charge in [-0.05, 0) is 37.1 Å². The summed E-state index contributed by atoms with van der Waals surface area (Å²) in [6.07, 6.45) is 2.14. The Kier molecular flexibility index (Phi) is 3.16. The van der Waals surface area contributed by atoms with E-state index >= 15 is 0 Å². The van der Waals surface area contributed by atoms with Crippen LogP contribution >= 0.6 is 31.9 Å². The van der Waals surface area contributed by atoms with Gasteiger partial charge in [-0.15, -0.1) is 0 Å². The maximum atomic E-state index is 11.8. The smallest absolute Gasteiger partial charge is 0.251 e. The van der Waals surface area contributed by atoms with Gasteiger partial charge < -0.3 is 5.32 Å². The molecule has 0 aliphatic heterocycles. The number of benzene rings is 1. The molecule has 0 bridgehead atoms. The van der Waals surface area contributed by atoms with E-state index in [9.17, 15) is 4.79 Å². The summed E-state index contributed by atoms with van der Waals surface area (Å²) >= 11 is 6.77. The highest BCUT2D eigenvalue weighted by atomic mass is 79.9. The molecule has 1 N–H and O–H groups in total. The van der Waals surface area contributed by atoms with Gasteiger partial charge in [-0.2, -0.15) is 0 Å². The number of amides is 1. The van der Waals surface area contributed by atoms with Gasteiger partial charge in [0, 0.05) is 15.4 Å². The van der Waals surface area contributed by atoms with Crippen LogP contribution in [0.15, 0.2) is 28.7 Å². The largest absolute Gasteiger partial charge is 0.346 e. The first-order valence-electron chi connectivity index (χ1n) is 4.79. The van der Waals surface area contributed by atoms with Crippen molar-refractivity contribution in [2.45, 2.75) is 18.4 Å². The fourth-order valence-corrected chi connectivity index (χ4v) is 2.32. The van der Waals surface area contributed by atoms with E-state index in [1.807, 2.05) is 24.3 Å². The fourth-order valence-electron chi connectivity index (χ4n) is 1.36. The van der Waals surface area contributed by atoms with Gasteiger partial charge in [0.05, 0.1) is 5.54 Å². The summed E-state index contributed by atoms with van der Waals surface area (Å²) in [5, 5.41) is 3.89. The third kappa shape index (κ3) is 2.61. The predicted octanol–water partition coefficient (Wildman–Crippen LogP) is 3.11.